The van der Waals surface area contributed by atoms with Crippen LogP contribution in [0.4, 0.5) is 0 Å². The van der Waals surface area contributed by atoms with Gasteiger partial charge in [0.2, 0.25) is 5.43 Å². The minimum Gasteiger partial charge on any atom is -0.507 e. The van der Waals surface area contributed by atoms with Gasteiger partial charge in [-0.1, -0.05) is 12.1 Å². The summed E-state index contributed by atoms with van der Waals surface area (Å²) in [5, 5.41) is 53.6. The summed E-state index contributed by atoms with van der Waals surface area (Å²) >= 11 is 0. The first kappa shape index (κ1) is 27.2. The van der Waals surface area contributed by atoms with Gasteiger partial charge in [-0.05, 0) is 75.3 Å². The van der Waals surface area contributed by atoms with Crippen LogP contribution in [0.1, 0.15) is 32.7 Å². The number of carbonyl (C=O) groups excluding carboxylic acids is 1. The van der Waals surface area contributed by atoms with E-state index in [-0.39, 0.29) is 67.9 Å². The maximum absolute atomic E-state index is 14.8. The monoisotopic (exact) mass is 704 g/mol. The highest BCUT2D eigenvalue weighted by Gasteiger charge is 2.36. The van der Waals surface area contributed by atoms with Crippen LogP contribution in [0, 0.1) is 0 Å². The van der Waals surface area contributed by atoms with E-state index in [4.69, 9.17) is 8.83 Å². The molecule has 14 rings (SSSR count). The number of hydrogen-bond acceptors (Lipinski definition) is 9. The molecule has 13 aromatic rings. The molecular weight excluding hydrogens is 688 g/mol. The number of phenolic OH excluding ortho intramolecular Hbond substituents is 3. The van der Waals surface area contributed by atoms with Crippen LogP contribution in [0.2, 0.25) is 0 Å². The van der Waals surface area contributed by atoms with E-state index in [2.05, 4.69) is 0 Å². The van der Waals surface area contributed by atoms with E-state index >= 15 is 0 Å². The van der Waals surface area contributed by atoms with Crippen molar-refractivity contribution in [2.75, 3.05) is 0 Å². The first-order valence-electron chi connectivity index (χ1n) is 17.4. The van der Waals surface area contributed by atoms with E-state index in [1.54, 1.807) is 30.3 Å². The normalized spacial score (nSPS) is 14.3. The van der Waals surface area contributed by atoms with Crippen LogP contribution in [0.25, 0.3) is 130 Å². The van der Waals surface area contributed by atoms with Crippen LogP contribution in [0.15, 0.2) is 67.0 Å². The SMILES string of the molecule is O=C1CCc2cc3c4c(cc(O)c5ccc6c(C(=O)O)c7oc8cc9c(O)cc%10ccc(O)c%11c(=O)c%12c%13oc(=O)c%14c3c(c6c54)c7c(c%13%14)c8c%12c9c%10%11)c21. The van der Waals surface area contributed by atoms with Crippen LogP contribution >= 0.6 is 0 Å². The molecule has 0 bridgehead atoms. The molecule has 0 unspecified atom stereocenters. The number of carboxylic acid groups (broad SMARTS) is 1. The molecule has 10 nitrogen and oxygen atoms in total. The molecule has 2 aromatic heterocycles. The Morgan fingerprint density at radius 2 is 1.22 bits per heavy atom. The van der Waals surface area contributed by atoms with Gasteiger partial charge in [-0.3, -0.25) is 9.59 Å². The van der Waals surface area contributed by atoms with Gasteiger partial charge < -0.3 is 29.3 Å². The number of aromatic hydroxyl groups is 3. The molecule has 0 radical (unpaired) electrons. The van der Waals surface area contributed by atoms with Crippen LogP contribution in [-0.2, 0) is 6.42 Å². The average molecular weight is 705 g/mol. The number of phenols is 3. The van der Waals surface area contributed by atoms with Gasteiger partial charge in [0.05, 0.1) is 16.2 Å². The molecule has 2 heterocycles. The molecule has 1 aliphatic carbocycles. The van der Waals surface area contributed by atoms with Gasteiger partial charge in [-0.25, -0.2) is 9.59 Å². The number of hydrogen-bond donors (Lipinski definition) is 4. The lowest BCUT2D eigenvalue weighted by Crippen LogP contribution is -2.07. The highest BCUT2D eigenvalue weighted by Crippen LogP contribution is 2.58. The number of aryl methyl sites for hydroxylation is 1. The van der Waals surface area contributed by atoms with Gasteiger partial charge in [0.15, 0.2) is 16.9 Å². The lowest BCUT2D eigenvalue weighted by molar-refractivity contribution is 0.0699. The van der Waals surface area contributed by atoms with Crippen molar-refractivity contribution < 1.29 is 38.8 Å². The second-order valence-corrected chi connectivity index (χ2v) is 14.9. The molecule has 10 heteroatoms. The minimum atomic E-state index is -1.28. The number of carboxylic acids is 1. The van der Waals surface area contributed by atoms with Crippen LogP contribution < -0.4 is 11.1 Å². The number of furan rings is 1. The second-order valence-electron chi connectivity index (χ2n) is 14.9. The third kappa shape index (κ3) is 2.51. The highest BCUT2D eigenvalue weighted by atomic mass is 16.4. The third-order valence-electron chi connectivity index (χ3n) is 12.7. The molecule has 11 aromatic carbocycles. The molecule has 0 saturated carbocycles. The van der Waals surface area contributed by atoms with Crippen molar-refractivity contribution in [1.82, 2.24) is 0 Å². The quantitative estimate of drug-likeness (QED) is 0.0953. The summed E-state index contributed by atoms with van der Waals surface area (Å²) < 4.78 is 12.9. The summed E-state index contributed by atoms with van der Waals surface area (Å²) in [6, 6.07) is 12.9. The fourth-order valence-corrected chi connectivity index (χ4v) is 10.9. The van der Waals surface area contributed by atoms with E-state index in [0.29, 0.717) is 109 Å². The number of benzene rings is 11. The van der Waals surface area contributed by atoms with E-state index in [9.17, 15) is 39.6 Å². The zero-order chi connectivity index (χ0) is 36.1. The summed E-state index contributed by atoms with van der Waals surface area (Å²) in [6.07, 6.45) is 0.744. The Morgan fingerprint density at radius 1 is 0.519 bits per heavy atom. The smallest absolute Gasteiger partial charge is 0.345 e. The Hall–Kier alpha value is -7.46. The van der Waals surface area contributed by atoms with Gasteiger partial charge in [0.25, 0.3) is 0 Å². The van der Waals surface area contributed by atoms with E-state index in [1.807, 2.05) is 6.07 Å². The number of rotatable bonds is 1. The zero-order valence-corrected chi connectivity index (χ0v) is 27.3. The Labute approximate surface area is 295 Å². The molecule has 0 aliphatic heterocycles. The van der Waals surface area contributed by atoms with Gasteiger partial charge in [0.1, 0.15) is 28.4 Å². The standard InChI is InChI=1S/C44H16O10/c45-18-5-1-11-7-16-25-17(23(11)18)9-21(48)13-3-4-14-27(26(13)25)33-29(16)38-37-35-32-22(53-41(36(33)35)30(14)43(50)51)10-15-20(47)8-12-2-6-19(46)31-24(12)28(15)34(32)39(40(31)49)42(37)54-44(38)52/h2-4,6-10,46-48H,1,5H2,(H,50,51). The summed E-state index contributed by atoms with van der Waals surface area (Å²) in [7, 11) is 0. The van der Waals surface area contributed by atoms with Gasteiger partial charge in [-0.2, -0.15) is 0 Å². The number of Topliss-reactive ketones (excluding diaryl/α,β-unsaturated/α-hetero) is 1. The molecule has 0 atom stereocenters. The first-order chi connectivity index (χ1) is 26.1. The van der Waals surface area contributed by atoms with E-state index in [1.165, 1.54) is 12.1 Å². The molecule has 1 aliphatic rings. The van der Waals surface area contributed by atoms with Crippen molar-refractivity contribution in [3.05, 3.63) is 85.9 Å². The number of carbonyl (C=O) groups is 2. The fourth-order valence-electron chi connectivity index (χ4n) is 10.9. The lowest BCUT2D eigenvalue weighted by atomic mass is 9.78. The Kier molecular flexibility index (Phi) is 4.01. The van der Waals surface area contributed by atoms with Gasteiger partial charge in [-0.15, -0.1) is 0 Å². The maximum atomic E-state index is 14.8. The predicted octanol–water partition coefficient (Wildman–Crippen LogP) is 9.00. The molecular formula is C44H16O10. The van der Waals surface area contributed by atoms with Gasteiger partial charge >= 0.3 is 11.6 Å². The molecule has 252 valence electrons. The van der Waals surface area contributed by atoms with Crippen molar-refractivity contribution >= 4 is 142 Å². The van der Waals surface area contributed by atoms with Crippen molar-refractivity contribution in [1.29, 1.82) is 0 Å². The van der Waals surface area contributed by atoms with Gasteiger partial charge in [0, 0.05) is 82.0 Å². The Bertz CT molecular complexity index is 4130. The summed E-state index contributed by atoms with van der Waals surface area (Å²) in [5.41, 5.74) is 0.0168. The van der Waals surface area contributed by atoms with Crippen molar-refractivity contribution in [2.24, 2.45) is 0 Å². The Balaban J connectivity index is 1.44. The highest BCUT2D eigenvalue weighted by molar-refractivity contribution is 6.55. The molecule has 0 saturated heterocycles. The predicted molar refractivity (Wildman–Crippen MR) is 205 cm³/mol. The molecule has 0 amide bonds. The van der Waals surface area contributed by atoms with Crippen LogP contribution in [0.3, 0.4) is 0 Å². The minimum absolute atomic E-state index is 0.0141. The zero-order valence-electron chi connectivity index (χ0n) is 27.3. The maximum Gasteiger partial charge on any atom is 0.345 e. The third-order valence-corrected chi connectivity index (χ3v) is 12.7. The van der Waals surface area contributed by atoms with Crippen molar-refractivity contribution in [2.45, 2.75) is 12.8 Å². The number of ketones is 1. The number of aromatic carboxylic acids is 1. The molecule has 54 heavy (non-hydrogen) atoms. The summed E-state index contributed by atoms with van der Waals surface area (Å²) in [5.74, 6) is -1.81. The largest absolute Gasteiger partial charge is 0.507 e. The summed E-state index contributed by atoms with van der Waals surface area (Å²) in [4.78, 5) is 56.3. The number of fused-ring (bicyclic) bond motifs is 5. The van der Waals surface area contributed by atoms with E-state index < -0.39 is 17.0 Å². The molecule has 0 fully saturated rings. The van der Waals surface area contributed by atoms with Crippen LogP contribution in [-0.4, -0.2) is 32.2 Å². The van der Waals surface area contributed by atoms with Crippen molar-refractivity contribution in [3.8, 4) is 17.2 Å². The second kappa shape index (κ2) is 7.96. The lowest BCUT2D eigenvalue weighted by Gasteiger charge is -2.24. The van der Waals surface area contributed by atoms with Crippen molar-refractivity contribution in [3.63, 3.8) is 0 Å². The summed E-state index contributed by atoms with van der Waals surface area (Å²) in [6.45, 7) is 0. The van der Waals surface area contributed by atoms with E-state index in [0.717, 1.165) is 5.56 Å². The first-order valence-corrected chi connectivity index (χ1v) is 17.4. The molecule has 0 spiro atoms. The Morgan fingerprint density at radius 3 is 2.06 bits per heavy atom. The average Bonchev–Trinajstić information content (AvgIpc) is 3.70. The topological polar surface area (TPSA) is 175 Å². The van der Waals surface area contributed by atoms with Crippen LogP contribution in [0.5, 0.6) is 17.2 Å². The molecule has 4 N–H and O–H groups in total. The fraction of sp³-hybridized carbons (Fsp3) is 0.0455.